The van der Waals surface area contributed by atoms with E-state index >= 15 is 0 Å². The Kier molecular flexibility index (Phi) is 4.35. The molecule has 0 bridgehead atoms. The number of hydrogen-bond donors (Lipinski definition) is 2. The van der Waals surface area contributed by atoms with Crippen LogP contribution in [0.15, 0.2) is 30.7 Å². The highest BCUT2D eigenvalue weighted by Gasteiger charge is 2.22. The maximum Gasteiger partial charge on any atom is 0.229 e. The highest BCUT2D eigenvalue weighted by atomic mass is 15.2. The van der Waals surface area contributed by atoms with E-state index in [1.807, 2.05) is 6.07 Å². The van der Waals surface area contributed by atoms with Gasteiger partial charge in [0, 0.05) is 30.2 Å². The predicted molar refractivity (Wildman–Crippen MR) is 81.1 cm³/mol. The molecule has 0 amide bonds. The molecule has 110 valence electrons. The summed E-state index contributed by atoms with van der Waals surface area (Å²) in [4.78, 5) is 17.1. The fraction of sp³-hybridized carbons (Fsp3) is 0.467. The fourth-order valence-corrected chi connectivity index (χ4v) is 2.82. The highest BCUT2D eigenvalue weighted by molar-refractivity contribution is 5.41. The third-order valence-corrected chi connectivity index (χ3v) is 4.06. The number of nitrogens with two attached hydrogens (primary N) is 1. The van der Waals surface area contributed by atoms with E-state index in [4.69, 9.17) is 5.73 Å². The Morgan fingerprint density at radius 2 is 1.71 bits per heavy atom. The van der Waals surface area contributed by atoms with Gasteiger partial charge < -0.3 is 5.73 Å². The molecular formula is C15H20N6. The van der Waals surface area contributed by atoms with E-state index in [9.17, 15) is 0 Å². The zero-order valence-electron chi connectivity index (χ0n) is 11.9. The Balaban J connectivity index is 1.69. The minimum Gasteiger partial charge on any atom is -0.330 e. The van der Waals surface area contributed by atoms with E-state index in [-0.39, 0.29) is 0 Å². The molecule has 0 aromatic carbocycles. The SMILES string of the molecule is NCC1CCC(c2ccnc(Nc3ncccn3)n2)CC1. The average molecular weight is 284 g/mol. The van der Waals surface area contributed by atoms with Crippen LogP contribution in [0, 0.1) is 5.92 Å². The molecule has 2 aromatic heterocycles. The summed E-state index contributed by atoms with van der Waals surface area (Å²) < 4.78 is 0. The van der Waals surface area contributed by atoms with E-state index in [0.717, 1.165) is 25.1 Å². The molecule has 2 heterocycles. The number of aromatic nitrogens is 4. The summed E-state index contributed by atoms with van der Waals surface area (Å²) in [5.74, 6) is 2.26. The monoisotopic (exact) mass is 284 g/mol. The third-order valence-electron chi connectivity index (χ3n) is 4.06. The average Bonchev–Trinajstić information content (AvgIpc) is 2.56. The van der Waals surface area contributed by atoms with Crippen molar-refractivity contribution in [3.05, 3.63) is 36.4 Å². The smallest absolute Gasteiger partial charge is 0.229 e. The van der Waals surface area contributed by atoms with Crippen molar-refractivity contribution in [2.75, 3.05) is 11.9 Å². The van der Waals surface area contributed by atoms with Gasteiger partial charge in [-0.1, -0.05) is 0 Å². The molecule has 0 atom stereocenters. The first-order valence-electron chi connectivity index (χ1n) is 7.42. The van der Waals surface area contributed by atoms with E-state index in [1.54, 1.807) is 24.7 Å². The normalized spacial score (nSPS) is 22.0. The van der Waals surface area contributed by atoms with Crippen LogP contribution in [0.2, 0.25) is 0 Å². The van der Waals surface area contributed by atoms with Crippen LogP contribution in [0.4, 0.5) is 11.9 Å². The Morgan fingerprint density at radius 3 is 2.43 bits per heavy atom. The second-order valence-electron chi connectivity index (χ2n) is 5.46. The summed E-state index contributed by atoms with van der Waals surface area (Å²) in [6.45, 7) is 0.800. The molecule has 6 heteroatoms. The Labute approximate surface area is 124 Å². The first kappa shape index (κ1) is 13.9. The molecule has 1 aliphatic rings. The predicted octanol–water partition coefficient (Wildman–Crippen LogP) is 2.24. The van der Waals surface area contributed by atoms with Crippen molar-refractivity contribution in [3.63, 3.8) is 0 Å². The van der Waals surface area contributed by atoms with Crippen molar-refractivity contribution >= 4 is 11.9 Å². The summed E-state index contributed by atoms with van der Waals surface area (Å²) in [7, 11) is 0. The van der Waals surface area contributed by atoms with Gasteiger partial charge in [0.1, 0.15) is 0 Å². The zero-order chi connectivity index (χ0) is 14.5. The first-order valence-corrected chi connectivity index (χ1v) is 7.42. The molecule has 0 spiro atoms. The molecule has 0 radical (unpaired) electrons. The zero-order valence-corrected chi connectivity index (χ0v) is 11.9. The van der Waals surface area contributed by atoms with Crippen LogP contribution in [-0.4, -0.2) is 26.5 Å². The molecule has 0 aliphatic heterocycles. The minimum absolute atomic E-state index is 0.507. The van der Waals surface area contributed by atoms with Crippen LogP contribution in [0.25, 0.3) is 0 Å². The molecule has 1 aliphatic carbocycles. The van der Waals surface area contributed by atoms with Gasteiger partial charge in [-0.2, -0.15) is 0 Å². The van der Waals surface area contributed by atoms with Gasteiger partial charge in [-0.05, 0) is 50.3 Å². The lowest BCUT2D eigenvalue weighted by atomic mass is 9.80. The van der Waals surface area contributed by atoms with Crippen LogP contribution >= 0.6 is 0 Å². The largest absolute Gasteiger partial charge is 0.330 e. The Morgan fingerprint density at radius 1 is 1.00 bits per heavy atom. The van der Waals surface area contributed by atoms with Gasteiger partial charge in [-0.25, -0.2) is 19.9 Å². The van der Waals surface area contributed by atoms with Gasteiger partial charge in [-0.15, -0.1) is 0 Å². The summed E-state index contributed by atoms with van der Waals surface area (Å²) in [5.41, 5.74) is 6.84. The molecule has 1 saturated carbocycles. The van der Waals surface area contributed by atoms with E-state index in [0.29, 0.717) is 23.7 Å². The van der Waals surface area contributed by atoms with Gasteiger partial charge in [0.2, 0.25) is 11.9 Å². The highest BCUT2D eigenvalue weighted by Crippen LogP contribution is 2.34. The van der Waals surface area contributed by atoms with Crippen molar-refractivity contribution in [1.82, 2.24) is 19.9 Å². The topological polar surface area (TPSA) is 89.6 Å². The number of rotatable bonds is 4. The van der Waals surface area contributed by atoms with Crippen LogP contribution in [-0.2, 0) is 0 Å². The van der Waals surface area contributed by atoms with Crippen molar-refractivity contribution in [2.45, 2.75) is 31.6 Å². The standard InChI is InChI=1S/C15H20N6/c16-10-11-2-4-12(5-3-11)13-6-9-19-15(20-13)21-14-17-7-1-8-18-14/h1,6-9,11-12H,2-5,10,16H2,(H,17,18,19,20,21). The molecule has 3 N–H and O–H groups in total. The van der Waals surface area contributed by atoms with Gasteiger partial charge in [0.25, 0.3) is 0 Å². The molecule has 21 heavy (non-hydrogen) atoms. The van der Waals surface area contributed by atoms with Crippen LogP contribution in [0.1, 0.15) is 37.3 Å². The van der Waals surface area contributed by atoms with Crippen LogP contribution in [0.5, 0.6) is 0 Å². The Bertz CT molecular complexity index is 565. The maximum atomic E-state index is 5.75. The number of nitrogens with zero attached hydrogens (tertiary/aromatic N) is 4. The van der Waals surface area contributed by atoms with Gasteiger partial charge in [0.05, 0.1) is 0 Å². The summed E-state index contributed by atoms with van der Waals surface area (Å²) in [6, 6.07) is 3.78. The Hall–Kier alpha value is -2.08. The molecule has 0 saturated heterocycles. The second kappa shape index (κ2) is 6.58. The summed E-state index contributed by atoms with van der Waals surface area (Å²) in [6.07, 6.45) is 9.86. The van der Waals surface area contributed by atoms with E-state index in [1.165, 1.54) is 12.8 Å². The van der Waals surface area contributed by atoms with Crippen molar-refractivity contribution in [1.29, 1.82) is 0 Å². The molecule has 3 rings (SSSR count). The summed E-state index contributed by atoms with van der Waals surface area (Å²) >= 11 is 0. The van der Waals surface area contributed by atoms with Crippen LogP contribution in [0.3, 0.4) is 0 Å². The summed E-state index contributed by atoms with van der Waals surface area (Å²) in [5, 5.41) is 3.04. The van der Waals surface area contributed by atoms with Crippen molar-refractivity contribution in [3.8, 4) is 0 Å². The lowest BCUT2D eigenvalue weighted by Crippen LogP contribution is -2.21. The third kappa shape index (κ3) is 3.52. The van der Waals surface area contributed by atoms with Crippen LogP contribution < -0.4 is 11.1 Å². The lowest BCUT2D eigenvalue weighted by molar-refractivity contribution is 0.329. The molecule has 1 fully saturated rings. The number of nitrogens with one attached hydrogen (secondary N) is 1. The van der Waals surface area contributed by atoms with Crippen molar-refractivity contribution < 1.29 is 0 Å². The van der Waals surface area contributed by atoms with Crippen molar-refractivity contribution in [2.24, 2.45) is 11.7 Å². The molecule has 6 nitrogen and oxygen atoms in total. The van der Waals surface area contributed by atoms with E-state index < -0.39 is 0 Å². The molecular weight excluding hydrogens is 264 g/mol. The fourth-order valence-electron chi connectivity index (χ4n) is 2.82. The quantitative estimate of drug-likeness (QED) is 0.895. The lowest BCUT2D eigenvalue weighted by Gasteiger charge is -2.27. The minimum atomic E-state index is 0.507. The van der Waals surface area contributed by atoms with Gasteiger partial charge in [0.15, 0.2) is 0 Å². The second-order valence-corrected chi connectivity index (χ2v) is 5.46. The number of hydrogen-bond acceptors (Lipinski definition) is 6. The van der Waals surface area contributed by atoms with Gasteiger partial charge >= 0.3 is 0 Å². The first-order chi connectivity index (χ1) is 10.3. The number of anilines is 2. The van der Waals surface area contributed by atoms with Gasteiger partial charge in [-0.3, -0.25) is 5.32 Å². The molecule has 0 unspecified atom stereocenters. The molecule has 2 aromatic rings. The maximum absolute atomic E-state index is 5.75. The van der Waals surface area contributed by atoms with E-state index in [2.05, 4.69) is 25.3 Å².